The zero-order valence-corrected chi connectivity index (χ0v) is 13.5. The Kier molecular flexibility index (Phi) is 15.2. The second-order valence-electron chi connectivity index (χ2n) is 5.62. The minimum Gasteiger partial charge on any atom is -0.481 e. The van der Waals surface area contributed by atoms with Gasteiger partial charge in [0.15, 0.2) is 0 Å². The summed E-state index contributed by atoms with van der Waals surface area (Å²) in [5.41, 5.74) is 0. The van der Waals surface area contributed by atoms with Crippen LogP contribution in [0.25, 0.3) is 0 Å². The molecule has 0 aromatic heterocycles. The third-order valence-corrected chi connectivity index (χ3v) is 3.17. The average molecular weight is 288 g/mol. The van der Waals surface area contributed by atoms with Crippen molar-refractivity contribution >= 4 is 11.9 Å². The highest BCUT2D eigenvalue weighted by Gasteiger charge is 2.12. The predicted octanol–water partition coefficient (Wildman–Crippen LogP) is 4.57. The highest BCUT2D eigenvalue weighted by atomic mass is 16.4. The number of carboxylic acid groups (broad SMARTS) is 2. The van der Waals surface area contributed by atoms with Gasteiger partial charge in [0, 0.05) is 6.42 Å². The van der Waals surface area contributed by atoms with E-state index in [1.807, 2.05) is 6.92 Å². The Labute approximate surface area is 123 Å². The Morgan fingerprint density at radius 1 is 0.950 bits per heavy atom. The smallest absolute Gasteiger partial charge is 0.306 e. The largest absolute Gasteiger partial charge is 0.481 e. The number of rotatable bonds is 10. The molecule has 0 rings (SSSR count). The van der Waals surface area contributed by atoms with E-state index in [9.17, 15) is 9.59 Å². The van der Waals surface area contributed by atoms with Gasteiger partial charge in [0.05, 0.1) is 5.92 Å². The molecule has 0 saturated carbocycles. The maximum absolute atomic E-state index is 10.4. The Bertz CT molecular complexity index is 249. The minimum absolute atomic E-state index is 0.111. The van der Waals surface area contributed by atoms with Gasteiger partial charge >= 0.3 is 11.9 Å². The molecule has 120 valence electrons. The first kappa shape index (κ1) is 21.2. The van der Waals surface area contributed by atoms with Crippen LogP contribution in [0.15, 0.2) is 0 Å². The lowest BCUT2D eigenvalue weighted by atomic mass is 10.00. The number of aliphatic carboxylic acids is 2. The molecule has 2 N–H and O–H groups in total. The molecule has 0 aliphatic rings. The molecule has 0 aliphatic carbocycles. The Morgan fingerprint density at radius 2 is 1.55 bits per heavy atom. The van der Waals surface area contributed by atoms with Gasteiger partial charge in [0.1, 0.15) is 0 Å². The van der Waals surface area contributed by atoms with Gasteiger partial charge in [-0.15, -0.1) is 0 Å². The van der Waals surface area contributed by atoms with Crippen LogP contribution in [0.3, 0.4) is 0 Å². The second-order valence-corrected chi connectivity index (χ2v) is 5.62. The molecule has 0 spiro atoms. The van der Waals surface area contributed by atoms with Crippen molar-refractivity contribution in [3.63, 3.8) is 0 Å². The van der Waals surface area contributed by atoms with Crippen LogP contribution in [-0.2, 0) is 9.59 Å². The van der Waals surface area contributed by atoms with Gasteiger partial charge in [-0.3, -0.25) is 9.59 Å². The number of unbranched alkanes of at least 4 members (excludes halogenated alkanes) is 2. The molecule has 0 fully saturated rings. The molecular weight excluding hydrogens is 256 g/mol. The van der Waals surface area contributed by atoms with Crippen LogP contribution in [0.5, 0.6) is 0 Å². The van der Waals surface area contributed by atoms with E-state index in [1.54, 1.807) is 0 Å². The second kappa shape index (κ2) is 14.4. The quantitative estimate of drug-likeness (QED) is 0.577. The third-order valence-electron chi connectivity index (χ3n) is 3.17. The van der Waals surface area contributed by atoms with Gasteiger partial charge < -0.3 is 10.2 Å². The van der Waals surface area contributed by atoms with Gasteiger partial charge in [0.2, 0.25) is 0 Å². The van der Waals surface area contributed by atoms with Crippen molar-refractivity contribution in [2.24, 2.45) is 11.8 Å². The molecule has 1 unspecified atom stereocenters. The molecule has 0 heterocycles. The molecule has 20 heavy (non-hydrogen) atoms. The first-order valence-electron chi connectivity index (χ1n) is 7.79. The summed E-state index contributed by atoms with van der Waals surface area (Å²) in [7, 11) is 0. The van der Waals surface area contributed by atoms with Crippen molar-refractivity contribution < 1.29 is 19.8 Å². The summed E-state index contributed by atoms with van der Waals surface area (Å²) in [5.74, 6) is -0.728. The van der Waals surface area contributed by atoms with E-state index in [2.05, 4.69) is 20.8 Å². The van der Waals surface area contributed by atoms with Gasteiger partial charge in [-0.05, 0) is 25.2 Å². The van der Waals surface area contributed by atoms with E-state index in [0.29, 0.717) is 12.3 Å². The van der Waals surface area contributed by atoms with Crippen LogP contribution in [-0.4, -0.2) is 22.2 Å². The van der Waals surface area contributed by atoms with Crippen LogP contribution >= 0.6 is 0 Å². The fraction of sp³-hybridized carbons (Fsp3) is 0.875. The lowest BCUT2D eigenvalue weighted by Crippen LogP contribution is -2.11. The summed E-state index contributed by atoms with van der Waals surface area (Å²) in [6, 6.07) is 0. The van der Waals surface area contributed by atoms with Crippen molar-refractivity contribution in [3.05, 3.63) is 0 Å². The summed E-state index contributed by atoms with van der Waals surface area (Å²) >= 11 is 0. The Morgan fingerprint density at radius 3 is 1.90 bits per heavy atom. The molecular formula is C16H32O4. The van der Waals surface area contributed by atoms with Crippen molar-refractivity contribution in [1.29, 1.82) is 0 Å². The summed E-state index contributed by atoms with van der Waals surface area (Å²) in [6.45, 7) is 8.31. The lowest BCUT2D eigenvalue weighted by Gasteiger charge is -2.06. The molecule has 0 aromatic carbocycles. The monoisotopic (exact) mass is 288 g/mol. The number of hydrogen-bond acceptors (Lipinski definition) is 2. The number of carboxylic acids is 2. The Balaban J connectivity index is 0. The first-order valence-corrected chi connectivity index (χ1v) is 7.79. The maximum Gasteiger partial charge on any atom is 0.306 e. The Hall–Kier alpha value is -1.06. The van der Waals surface area contributed by atoms with Gasteiger partial charge in [-0.25, -0.2) is 0 Å². The van der Waals surface area contributed by atoms with Crippen LogP contribution < -0.4 is 0 Å². The van der Waals surface area contributed by atoms with Gasteiger partial charge in [-0.1, -0.05) is 53.4 Å². The van der Waals surface area contributed by atoms with Crippen molar-refractivity contribution in [1.82, 2.24) is 0 Å². The summed E-state index contributed by atoms with van der Waals surface area (Å²) in [6.07, 6.45) is 7.06. The molecule has 0 radical (unpaired) electrons. The molecule has 1 atom stereocenters. The third kappa shape index (κ3) is 16.9. The van der Waals surface area contributed by atoms with Crippen LogP contribution in [0.2, 0.25) is 0 Å². The topological polar surface area (TPSA) is 74.6 Å². The zero-order chi connectivity index (χ0) is 16.0. The van der Waals surface area contributed by atoms with Crippen molar-refractivity contribution in [2.45, 2.75) is 79.1 Å². The maximum atomic E-state index is 10.4. The molecule has 0 aromatic rings. The van der Waals surface area contributed by atoms with Crippen LogP contribution in [0.4, 0.5) is 0 Å². The lowest BCUT2D eigenvalue weighted by molar-refractivity contribution is -0.142. The normalized spacial score (nSPS) is 11.7. The van der Waals surface area contributed by atoms with Crippen molar-refractivity contribution in [2.75, 3.05) is 0 Å². The van der Waals surface area contributed by atoms with E-state index >= 15 is 0 Å². The van der Waals surface area contributed by atoms with E-state index in [4.69, 9.17) is 10.2 Å². The molecule has 0 saturated heterocycles. The fourth-order valence-electron chi connectivity index (χ4n) is 1.78. The highest BCUT2D eigenvalue weighted by Crippen LogP contribution is 2.11. The first-order chi connectivity index (χ1) is 9.34. The van der Waals surface area contributed by atoms with E-state index in [1.165, 1.54) is 0 Å². The molecule has 4 heteroatoms. The standard InChI is InChI=1S/2C8H16O2/c1-7(2)5-3-4-6-8(9)10;1-3-5-6-7(4-2)8(9)10/h2*7H,3-6H2,1-2H3,(H,9,10). The van der Waals surface area contributed by atoms with Crippen LogP contribution in [0, 0.1) is 11.8 Å². The van der Waals surface area contributed by atoms with Crippen molar-refractivity contribution in [3.8, 4) is 0 Å². The highest BCUT2D eigenvalue weighted by molar-refractivity contribution is 5.69. The zero-order valence-electron chi connectivity index (χ0n) is 13.5. The van der Waals surface area contributed by atoms with E-state index < -0.39 is 11.9 Å². The summed E-state index contributed by atoms with van der Waals surface area (Å²) in [5, 5.41) is 16.9. The van der Waals surface area contributed by atoms with E-state index in [-0.39, 0.29) is 5.92 Å². The summed E-state index contributed by atoms with van der Waals surface area (Å²) < 4.78 is 0. The molecule has 0 aliphatic heterocycles. The number of hydrogen-bond donors (Lipinski definition) is 2. The SMILES string of the molecule is CC(C)CCCCC(=O)O.CCCCC(CC)C(=O)O. The van der Waals surface area contributed by atoms with E-state index in [0.717, 1.165) is 44.9 Å². The van der Waals surface area contributed by atoms with Crippen LogP contribution in [0.1, 0.15) is 79.1 Å². The molecule has 4 nitrogen and oxygen atoms in total. The van der Waals surface area contributed by atoms with Gasteiger partial charge in [-0.2, -0.15) is 0 Å². The average Bonchev–Trinajstić information content (AvgIpc) is 2.35. The minimum atomic E-state index is -0.677. The summed E-state index contributed by atoms with van der Waals surface area (Å²) in [4.78, 5) is 20.5. The van der Waals surface area contributed by atoms with Gasteiger partial charge in [0.25, 0.3) is 0 Å². The fourth-order valence-corrected chi connectivity index (χ4v) is 1.78. The molecule has 0 bridgehead atoms. The predicted molar refractivity (Wildman–Crippen MR) is 81.9 cm³/mol. The number of carbonyl (C=O) groups is 2. The molecule has 0 amide bonds.